The average molecular weight is 516 g/mol. The van der Waals surface area contributed by atoms with Gasteiger partial charge in [-0.2, -0.15) is 0 Å². The Morgan fingerprint density at radius 2 is 2.00 bits per heavy atom. The normalized spacial score (nSPS) is 15.4. The van der Waals surface area contributed by atoms with Gasteiger partial charge in [-0.3, -0.25) is 14.5 Å². The Kier molecular flexibility index (Phi) is 7.17. The van der Waals surface area contributed by atoms with E-state index in [1.54, 1.807) is 24.3 Å². The van der Waals surface area contributed by atoms with Gasteiger partial charge in [0.25, 0.3) is 5.91 Å². The second kappa shape index (κ2) is 9.41. The Balaban J connectivity index is 1.63. The third-order valence-corrected chi connectivity index (χ3v) is 6.50. The van der Waals surface area contributed by atoms with Crippen molar-refractivity contribution in [2.45, 2.75) is 6.42 Å². The number of carbonyl (C=O) groups excluding carboxylic acids is 2. The van der Waals surface area contributed by atoms with Crippen LogP contribution in [-0.4, -0.2) is 27.6 Å². The van der Waals surface area contributed by atoms with Gasteiger partial charge in [0.05, 0.1) is 20.6 Å². The molecule has 1 heterocycles. The molecule has 2 aromatic carbocycles. The highest BCUT2D eigenvalue weighted by Gasteiger charge is 2.32. The third-order valence-electron chi connectivity index (χ3n) is 3.81. The van der Waals surface area contributed by atoms with Crippen LogP contribution in [-0.2, 0) is 9.59 Å². The first-order chi connectivity index (χ1) is 13.3. The van der Waals surface area contributed by atoms with Crippen LogP contribution in [0.4, 0.5) is 5.69 Å². The smallest absolute Gasteiger partial charge is 0.266 e. The molecule has 28 heavy (non-hydrogen) atoms. The number of hydrogen-bond donors (Lipinski definition) is 1. The van der Waals surface area contributed by atoms with Crippen molar-refractivity contribution >= 4 is 91.0 Å². The SMILES string of the molecule is O=C(CCN1C(=O)/C(=C/c2cccc(Br)c2)SC1=S)Nc1cccc(Cl)c1Cl. The zero-order valence-electron chi connectivity index (χ0n) is 14.2. The quantitative estimate of drug-likeness (QED) is 0.392. The summed E-state index contributed by atoms with van der Waals surface area (Å²) < 4.78 is 1.35. The number of thioether (sulfide) groups is 1. The van der Waals surface area contributed by atoms with Crippen LogP contribution < -0.4 is 5.32 Å². The van der Waals surface area contributed by atoms with Crippen LogP contribution in [0.3, 0.4) is 0 Å². The van der Waals surface area contributed by atoms with Gasteiger partial charge in [-0.05, 0) is 35.9 Å². The fraction of sp³-hybridized carbons (Fsp3) is 0.105. The summed E-state index contributed by atoms with van der Waals surface area (Å²) in [6.07, 6.45) is 1.87. The maximum atomic E-state index is 12.6. The molecule has 1 N–H and O–H groups in total. The number of rotatable bonds is 5. The molecule has 4 nitrogen and oxygen atoms in total. The number of nitrogens with zero attached hydrogens (tertiary/aromatic N) is 1. The lowest BCUT2D eigenvalue weighted by molar-refractivity contribution is -0.122. The summed E-state index contributed by atoms with van der Waals surface area (Å²) in [5, 5.41) is 3.33. The summed E-state index contributed by atoms with van der Waals surface area (Å²) >= 11 is 22.0. The molecule has 0 radical (unpaired) electrons. The monoisotopic (exact) mass is 514 g/mol. The van der Waals surface area contributed by atoms with E-state index in [0.717, 1.165) is 10.0 Å². The van der Waals surface area contributed by atoms with Crippen molar-refractivity contribution in [3.05, 3.63) is 67.5 Å². The Morgan fingerprint density at radius 3 is 2.75 bits per heavy atom. The molecule has 1 saturated heterocycles. The molecule has 9 heteroatoms. The van der Waals surface area contributed by atoms with Gasteiger partial charge in [-0.15, -0.1) is 0 Å². The van der Waals surface area contributed by atoms with Crippen LogP contribution in [0.25, 0.3) is 6.08 Å². The molecule has 0 aliphatic carbocycles. The zero-order valence-corrected chi connectivity index (χ0v) is 19.0. The summed E-state index contributed by atoms with van der Waals surface area (Å²) in [7, 11) is 0. The lowest BCUT2D eigenvalue weighted by atomic mass is 10.2. The first-order valence-corrected chi connectivity index (χ1v) is 10.9. The predicted molar refractivity (Wildman–Crippen MR) is 124 cm³/mol. The van der Waals surface area contributed by atoms with E-state index in [9.17, 15) is 9.59 Å². The Morgan fingerprint density at radius 1 is 1.25 bits per heavy atom. The van der Waals surface area contributed by atoms with E-state index in [2.05, 4.69) is 21.2 Å². The molecule has 1 fully saturated rings. The lowest BCUT2D eigenvalue weighted by Crippen LogP contribution is -2.31. The molecule has 0 unspecified atom stereocenters. The minimum atomic E-state index is -0.283. The molecule has 0 saturated carbocycles. The largest absolute Gasteiger partial charge is 0.325 e. The van der Waals surface area contributed by atoms with Crippen LogP contribution in [0.2, 0.25) is 10.0 Å². The third kappa shape index (κ3) is 5.15. The van der Waals surface area contributed by atoms with E-state index < -0.39 is 0 Å². The minimum absolute atomic E-state index is 0.0828. The van der Waals surface area contributed by atoms with Crippen molar-refractivity contribution < 1.29 is 9.59 Å². The highest BCUT2D eigenvalue weighted by atomic mass is 79.9. The van der Waals surface area contributed by atoms with Gasteiger partial charge in [-0.1, -0.05) is 81.3 Å². The molecule has 0 bridgehead atoms. The summed E-state index contributed by atoms with van der Waals surface area (Å²) in [6, 6.07) is 12.6. The highest BCUT2D eigenvalue weighted by molar-refractivity contribution is 9.10. The van der Waals surface area contributed by atoms with Gasteiger partial charge < -0.3 is 5.32 Å². The molecule has 0 spiro atoms. The van der Waals surface area contributed by atoms with Crippen molar-refractivity contribution in [3.8, 4) is 0 Å². The first kappa shape index (κ1) is 21.3. The number of anilines is 1. The Labute approximate surface area is 190 Å². The minimum Gasteiger partial charge on any atom is -0.325 e. The number of nitrogens with one attached hydrogen (secondary N) is 1. The van der Waals surface area contributed by atoms with Crippen LogP contribution in [0.5, 0.6) is 0 Å². The fourth-order valence-electron chi connectivity index (χ4n) is 2.47. The number of halogens is 3. The molecule has 2 amide bonds. The summed E-state index contributed by atoms with van der Waals surface area (Å²) in [5.41, 5.74) is 1.32. The van der Waals surface area contributed by atoms with E-state index >= 15 is 0 Å². The molecular weight excluding hydrogens is 503 g/mol. The predicted octanol–water partition coefficient (Wildman–Crippen LogP) is 5.99. The van der Waals surface area contributed by atoms with Gasteiger partial charge in [0.1, 0.15) is 4.32 Å². The van der Waals surface area contributed by atoms with Crippen molar-refractivity contribution in [2.75, 3.05) is 11.9 Å². The standard InChI is InChI=1S/C19H13BrCl2N2O2S2/c20-12-4-1-3-11(9-12)10-15-18(26)24(19(27)28-15)8-7-16(25)23-14-6-2-5-13(21)17(14)22/h1-6,9-10H,7-8H2,(H,23,25)/b15-10-. The maximum Gasteiger partial charge on any atom is 0.266 e. The summed E-state index contributed by atoms with van der Waals surface area (Å²) in [6.45, 7) is 0.185. The number of thiocarbonyl (C=S) groups is 1. The van der Waals surface area contributed by atoms with E-state index in [-0.39, 0.29) is 29.8 Å². The van der Waals surface area contributed by atoms with Crippen LogP contribution in [0, 0.1) is 0 Å². The highest BCUT2D eigenvalue weighted by Crippen LogP contribution is 2.33. The average Bonchev–Trinajstić information content (AvgIpc) is 2.90. The number of carbonyl (C=O) groups is 2. The van der Waals surface area contributed by atoms with E-state index in [1.165, 1.54) is 16.7 Å². The van der Waals surface area contributed by atoms with Gasteiger partial charge in [-0.25, -0.2) is 0 Å². The first-order valence-electron chi connectivity index (χ1n) is 8.10. The van der Waals surface area contributed by atoms with E-state index in [1.807, 2.05) is 24.3 Å². The van der Waals surface area contributed by atoms with Gasteiger partial charge in [0.2, 0.25) is 5.91 Å². The number of benzene rings is 2. The van der Waals surface area contributed by atoms with Gasteiger partial charge in [0, 0.05) is 17.4 Å². The molecule has 2 aromatic rings. The van der Waals surface area contributed by atoms with Gasteiger partial charge in [0.15, 0.2) is 0 Å². The van der Waals surface area contributed by atoms with Crippen LogP contribution in [0.1, 0.15) is 12.0 Å². The topological polar surface area (TPSA) is 49.4 Å². The van der Waals surface area contributed by atoms with Gasteiger partial charge >= 0.3 is 0 Å². The van der Waals surface area contributed by atoms with Crippen molar-refractivity contribution in [2.24, 2.45) is 0 Å². The van der Waals surface area contributed by atoms with Crippen molar-refractivity contribution in [3.63, 3.8) is 0 Å². The molecular formula is C19H13BrCl2N2O2S2. The van der Waals surface area contributed by atoms with Crippen LogP contribution in [0.15, 0.2) is 51.8 Å². The number of amides is 2. The second-order valence-corrected chi connectivity index (χ2v) is 9.16. The van der Waals surface area contributed by atoms with Crippen molar-refractivity contribution in [1.82, 2.24) is 4.90 Å². The zero-order chi connectivity index (χ0) is 20.3. The van der Waals surface area contributed by atoms with E-state index in [0.29, 0.717) is 19.9 Å². The number of hydrogen-bond acceptors (Lipinski definition) is 4. The van der Waals surface area contributed by atoms with Crippen LogP contribution >= 0.6 is 63.1 Å². The maximum absolute atomic E-state index is 12.6. The lowest BCUT2D eigenvalue weighted by Gasteiger charge is -2.14. The Bertz CT molecular complexity index is 998. The molecule has 1 aliphatic rings. The Hall–Kier alpha value is -1.38. The second-order valence-electron chi connectivity index (χ2n) is 5.79. The summed E-state index contributed by atoms with van der Waals surface area (Å²) in [5.74, 6) is -0.488. The molecule has 1 aliphatic heterocycles. The van der Waals surface area contributed by atoms with Crippen molar-refractivity contribution in [1.29, 1.82) is 0 Å². The fourth-order valence-corrected chi connectivity index (χ4v) is 4.54. The molecule has 3 rings (SSSR count). The van der Waals surface area contributed by atoms with E-state index in [4.69, 9.17) is 35.4 Å². The molecule has 144 valence electrons. The molecule has 0 aromatic heterocycles. The molecule has 0 atom stereocenters. The summed E-state index contributed by atoms with van der Waals surface area (Å²) in [4.78, 5) is 26.8.